The van der Waals surface area contributed by atoms with Crippen molar-refractivity contribution in [2.75, 3.05) is 26.4 Å². The summed E-state index contributed by atoms with van der Waals surface area (Å²) in [5.41, 5.74) is 0. The molecule has 0 aromatic rings. The van der Waals surface area contributed by atoms with E-state index in [4.69, 9.17) is 14.6 Å². The Morgan fingerprint density at radius 1 is 1.14 bits per heavy atom. The number of amides is 1. The van der Waals surface area contributed by atoms with Crippen molar-refractivity contribution in [1.29, 1.82) is 0 Å². The summed E-state index contributed by atoms with van der Waals surface area (Å²) in [7, 11) is 0. The molecule has 0 bridgehead atoms. The molecule has 6 heteroatoms. The summed E-state index contributed by atoms with van der Waals surface area (Å²) < 4.78 is 11.0. The molecule has 2 atom stereocenters. The molecule has 0 aromatic carbocycles. The first-order chi connectivity index (χ1) is 10.7. The summed E-state index contributed by atoms with van der Waals surface area (Å²) in [5, 5.41) is 12.0. The standard InChI is InChI=1S/C16H27NO5/c18-15(12-3-1-4-13(11-12)16(19)20)17-7-2-8-22-14-5-9-21-10-6-14/h12-14H,1-11H2,(H,17,18)(H,19,20). The normalized spacial score (nSPS) is 26.5. The minimum atomic E-state index is -0.776. The molecule has 1 heterocycles. The number of nitrogens with one attached hydrogen (secondary N) is 1. The van der Waals surface area contributed by atoms with E-state index >= 15 is 0 Å². The highest BCUT2D eigenvalue weighted by Crippen LogP contribution is 2.29. The fourth-order valence-electron chi connectivity index (χ4n) is 3.17. The molecular formula is C16H27NO5. The van der Waals surface area contributed by atoms with E-state index in [1.807, 2.05) is 0 Å². The van der Waals surface area contributed by atoms with Gasteiger partial charge < -0.3 is 19.9 Å². The summed E-state index contributed by atoms with van der Waals surface area (Å²) in [4.78, 5) is 23.1. The molecular weight excluding hydrogens is 286 g/mol. The van der Waals surface area contributed by atoms with Crippen molar-refractivity contribution in [1.82, 2.24) is 5.32 Å². The maximum Gasteiger partial charge on any atom is 0.306 e. The Balaban J connectivity index is 1.56. The molecule has 126 valence electrons. The van der Waals surface area contributed by atoms with Gasteiger partial charge in [0.15, 0.2) is 0 Å². The molecule has 1 saturated heterocycles. The Kier molecular flexibility index (Phi) is 7.12. The second kappa shape index (κ2) is 9.10. The largest absolute Gasteiger partial charge is 0.481 e. The van der Waals surface area contributed by atoms with Gasteiger partial charge in [-0.15, -0.1) is 0 Å². The molecule has 0 spiro atoms. The van der Waals surface area contributed by atoms with Gasteiger partial charge in [0.25, 0.3) is 0 Å². The topological polar surface area (TPSA) is 84.9 Å². The van der Waals surface area contributed by atoms with Gasteiger partial charge in [0.05, 0.1) is 12.0 Å². The molecule has 0 radical (unpaired) electrons. The van der Waals surface area contributed by atoms with Crippen molar-refractivity contribution in [2.45, 2.75) is 51.0 Å². The number of carbonyl (C=O) groups is 2. The maximum atomic E-state index is 12.1. The first-order valence-corrected chi connectivity index (χ1v) is 8.36. The minimum absolute atomic E-state index is 0.00276. The second-order valence-electron chi connectivity index (χ2n) is 6.23. The van der Waals surface area contributed by atoms with E-state index in [-0.39, 0.29) is 17.7 Å². The van der Waals surface area contributed by atoms with Gasteiger partial charge in [0.2, 0.25) is 5.91 Å². The third-order valence-corrected chi connectivity index (χ3v) is 4.54. The lowest BCUT2D eigenvalue weighted by Gasteiger charge is -2.26. The van der Waals surface area contributed by atoms with Gasteiger partial charge >= 0.3 is 5.97 Å². The van der Waals surface area contributed by atoms with E-state index in [0.29, 0.717) is 32.1 Å². The van der Waals surface area contributed by atoms with Gasteiger partial charge in [-0.2, -0.15) is 0 Å². The summed E-state index contributed by atoms with van der Waals surface area (Å²) in [5.74, 6) is -1.29. The number of aliphatic carboxylic acids is 1. The van der Waals surface area contributed by atoms with Gasteiger partial charge in [0.1, 0.15) is 0 Å². The lowest BCUT2D eigenvalue weighted by molar-refractivity contribution is -0.144. The van der Waals surface area contributed by atoms with Crippen LogP contribution in [-0.2, 0) is 19.1 Å². The number of hydrogen-bond donors (Lipinski definition) is 2. The highest BCUT2D eigenvalue weighted by Gasteiger charge is 2.30. The number of rotatable bonds is 7. The van der Waals surface area contributed by atoms with Gasteiger partial charge in [0, 0.05) is 32.3 Å². The van der Waals surface area contributed by atoms with E-state index in [0.717, 1.165) is 45.3 Å². The van der Waals surface area contributed by atoms with Crippen molar-refractivity contribution in [3.63, 3.8) is 0 Å². The van der Waals surface area contributed by atoms with Crippen molar-refractivity contribution >= 4 is 11.9 Å². The molecule has 2 fully saturated rings. The summed E-state index contributed by atoms with van der Waals surface area (Å²) in [6.45, 7) is 2.78. The van der Waals surface area contributed by atoms with Crippen molar-refractivity contribution in [2.24, 2.45) is 11.8 Å². The number of ether oxygens (including phenoxy) is 2. The van der Waals surface area contributed by atoms with Crippen LogP contribution in [0.3, 0.4) is 0 Å². The fourth-order valence-corrected chi connectivity index (χ4v) is 3.17. The molecule has 2 rings (SSSR count). The summed E-state index contributed by atoms with van der Waals surface area (Å²) >= 11 is 0. The monoisotopic (exact) mass is 313 g/mol. The summed E-state index contributed by atoms with van der Waals surface area (Å²) in [6.07, 6.45) is 5.77. The second-order valence-corrected chi connectivity index (χ2v) is 6.23. The van der Waals surface area contributed by atoms with E-state index < -0.39 is 5.97 Å². The highest BCUT2D eigenvalue weighted by atomic mass is 16.5. The molecule has 2 N–H and O–H groups in total. The molecule has 1 aliphatic carbocycles. The minimum Gasteiger partial charge on any atom is -0.481 e. The van der Waals surface area contributed by atoms with Gasteiger partial charge in [-0.25, -0.2) is 0 Å². The zero-order valence-electron chi connectivity index (χ0n) is 13.1. The Hall–Kier alpha value is -1.14. The SMILES string of the molecule is O=C(O)C1CCCC(C(=O)NCCCOC2CCOCC2)C1. The number of carboxylic acid groups (broad SMARTS) is 1. The lowest BCUT2D eigenvalue weighted by atomic mass is 9.81. The number of carboxylic acids is 1. The van der Waals surface area contributed by atoms with Crippen LogP contribution in [0.4, 0.5) is 0 Å². The first-order valence-electron chi connectivity index (χ1n) is 8.36. The zero-order valence-corrected chi connectivity index (χ0v) is 13.1. The van der Waals surface area contributed by atoms with Crippen LogP contribution in [0.5, 0.6) is 0 Å². The van der Waals surface area contributed by atoms with Crippen LogP contribution in [0.1, 0.15) is 44.9 Å². The van der Waals surface area contributed by atoms with E-state index in [9.17, 15) is 9.59 Å². The zero-order chi connectivity index (χ0) is 15.8. The van der Waals surface area contributed by atoms with Crippen LogP contribution < -0.4 is 5.32 Å². The number of carbonyl (C=O) groups excluding carboxylic acids is 1. The quantitative estimate of drug-likeness (QED) is 0.697. The van der Waals surface area contributed by atoms with Gasteiger partial charge in [-0.1, -0.05) is 6.42 Å². The first kappa shape index (κ1) is 17.2. The predicted molar refractivity (Wildman–Crippen MR) is 80.5 cm³/mol. The smallest absolute Gasteiger partial charge is 0.306 e. The Morgan fingerprint density at radius 2 is 1.86 bits per heavy atom. The van der Waals surface area contributed by atoms with Crippen LogP contribution in [0.25, 0.3) is 0 Å². The average molecular weight is 313 g/mol. The molecule has 1 amide bonds. The van der Waals surface area contributed by atoms with E-state index in [1.165, 1.54) is 0 Å². The third kappa shape index (κ3) is 5.57. The van der Waals surface area contributed by atoms with E-state index in [2.05, 4.69) is 5.32 Å². The van der Waals surface area contributed by atoms with E-state index in [1.54, 1.807) is 0 Å². The molecule has 2 unspecified atom stereocenters. The Morgan fingerprint density at radius 3 is 2.59 bits per heavy atom. The number of hydrogen-bond acceptors (Lipinski definition) is 4. The predicted octanol–water partition coefficient (Wildman–Crippen LogP) is 1.58. The molecule has 1 saturated carbocycles. The fraction of sp³-hybridized carbons (Fsp3) is 0.875. The Labute approximate surface area is 131 Å². The molecule has 0 aromatic heterocycles. The maximum absolute atomic E-state index is 12.1. The molecule has 6 nitrogen and oxygen atoms in total. The van der Waals surface area contributed by atoms with Gasteiger partial charge in [-0.05, 0) is 38.5 Å². The Bertz CT molecular complexity index is 368. The van der Waals surface area contributed by atoms with Crippen LogP contribution in [-0.4, -0.2) is 49.5 Å². The molecule has 22 heavy (non-hydrogen) atoms. The molecule has 2 aliphatic rings. The van der Waals surface area contributed by atoms with Gasteiger partial charge in [-0.3, -0.25) is 9.59 Å². The van der Waals surface area contributed by atoms with Crippen LogP contribution in [0.2, 0.25) is 0 Å². The molecule has 1 aliphatic heterocycles. The summed E-state index contributed by atoms with van der Waals surface area (Å²) in [6, 6.07) is 0. The van der Waals surface area contributed by atoms with Crippen LogP contribution in [0, 0.1) is 11.8 Å². The van der Waals surface area contributed by atoms with Crippen LogP contribution >= 0.6 is 0 Å². The van der Waals surface area contributed by atoms with Crippen LogP contribution in [0.15, 0.2) is 0 Å². The highest BCUT2D eigenvalue weighted by molar-refractivity contribution is 5.80. The van der Waals surface area contributed by atoms with Crippen molar-refractivity contribution < 1.29 is 24.2 Å². The lowest BCUT2D eigenvalue weighted by Crippen LogP contribution is -2.36. The average Bonchev–Trinajstić information content (AvgIpc) is 2.55. The van der Waals surface area contributed by atoms with Crippen molar-refractivity contribution in [3.8, 4) is 0 Å². The van der Waals surface area contributed by atoms with Crippen molar-refractivity contribution in [3.05, 3.63) is 0 Å². The third-order valence-electron chi connectivity index (χ3n) is 4.54.